The largest absolute Gasteiger partial charge is 0.491 e. The van der Waals surface area contributed by atoms with Gasteiger partial charge in [-0.1, -0.05) is 48.5 Å². The zero-order valence-corrected chi connectivity index (χ0v) is 17.3. The molecule has 2 N–H and O–H groups in total. The standard InChI is InChI=1S/C25H29NO3/c1-25(2)14-23(19-9-8-17-6-4-5-7-18(17)12-19)22-11-10-21(13-24(22)29-25)28-16-20(27)15-26-3/h4-13,20,23,26-27H,14-16H2,1-3H3. The van der Waals surface area contributed by atoms with Crippen LogP contribution in [0.4, 0.5) is 0 Å². The zero-order chi connectivity index (χ0) is 20.4. The second-order valence-corrected chi connectivity index (χ2v) is 8.45. The molecule has 4 rings (SSSR count). The number of benzene rings is 3. The number of aliphatic hydroxyl groups is 1. The van der Waals surface area contributed by atoms with Crippen LogP contribution in [-0.2, 0) is 0 Å². The molecular weight excluding hydrogens is 362 g/mol. The third kappa shape index (κ3) is 4.39. The third-order valence-corrected chi connectivity index (χ3v) is 5.50. The Hall–Kier alpha value is -2.56. The summed E-state index contributed by atoms with van der Waals surface area (Å²) in [7, 11) is 1.81. The summed E-state index contributed by atoms with van der Waals surface area (Å²) in [5, 5.41) is 15.4. The first-order valence-electron chi connectivity index (χ1n) is 10.2. The number of hydrogen-bond acceptors (Lipinski definition) is 4. The predicted octanol–water partition coefficient (Wildman–Crippen LogP) is 4.49. The predicted molar refractivity (Wildman–Crippen MR) is 117 cm³/mol. The number of ether oxygens (including phenoxy) is 2. The fourth-order valence-corrected chi connectivity index (χ4v) is 4.13. The van der Waals surface area contributed by atoms with Gasteiger partial charge in [-0.25, -0.2) is 0 Å². The van der Waals surface area contributed by atoms with Gasteiger partial charge in [0.2, 0.25) is 0 Å². The number of aliphatic hydroxyl groups excluding tert-OH is 1. The highest BCUT2D eigenvalue weighted by molar-refractivity contribution is 5.83. The van der Waals surface area contributed by atoms with E-state index in [4.69, 9.17) is 9.47 Å². The number of hydrogen-bond donors (Lipinski definition) is 2. The second-order valence-electron chi connectivity index (χ2n) is 8.45. The molecule has 0 saturated carbocycles. The molecule has 1 heterocycles. The molecule has 3 aromatic carbocycles. The molecule has 4 nitrogen and oxygen atoms in total. The topological polar surface area (TPSA) is 50.7 Å². The first-order valence-corrected chi connectivity index (χ1v) is 10.2. The average molecular weight is 392 g/mol. The van der Waals surface area contributed by atoms with Crippen molar-refractivity contribution in [1.29, 1.82) is 0 Å². The summed E-state index contributed by atoms with van der Waals surface area (Å²) in [6, 6.07) is 21.2. The van der Waals surface area contributed by atoms with Gasteiger partial charge in [0.05, 0.1) is 0 Å². The minimum atomic E-state index is -0.543. The highest BCUT2D eigenvalue weighted by Gasteiger charge is 2.35. The molecule has 0 aliphatic carbocycles. The van der Waals surface area contributed by atoms with E-state index < -0.39 is 6.10 Å². The Morgan fingerprint density at radius 2 is 1.90 bits per heavy atom. The Labute approximate surface area is 172 Å². The maximum absolute atomic E-state index is 9.89. The zero-order valence-electron chi connectivity index (χ0n) is 17.3. The smallest absolute Gasteiger partial charge is 0.127 e. The Morgan fingerprint density at radius 3 is 2.69 bits per heavy atom. The van der Waals surface area contributed by atoms with Crippen molar-refractivity contribution >= 4 is 10.8 Å². The summed E-state index contributed by atoms with van der Waals surface area (Å²) in [5.41, 5.74) is 2.22. The van der Waals surface area contributed by atoms with E-state index in [0.29, 0.717) is 12.3 Å². The maximum Gasteiger partial charge on any atom is 0.127 e. The van der Waals surface area contributed by atoms with Gasteiger partial charge in [0.25, 0.3) is 0 Å². The highest BCUT2D eigenvalue weighted by Crippen LogP contribution is 2.45. The van der Waals surface area contributed by atoms with Gasteiger partial charge in [-0.3, -0.25) is 0 Å². The van der Waals surface area contributed by atoms with Crippen LogP contribution in [-0.4, -0.2) is 37.0 Å². The first kappa shape index (κ1) is 19.7. The van der Waals surface area contributed by atoms with Gasteiger partial charge in [-0.15, -0.1) is 0 Å². The van der Waals surface area contributed by atoms with Crippen LogP contribution in [0, 0.1) is 0 Å². The van der Waals surface area contributed by atoms with Crippen molar-refractivity contribution < 1.29 is 14.6 Å². The molecule has 4 heteroatoms. The van der Waals surface area contributed by atoms with Crippen molar-refractivity contribution in [1.82, 2.24) is 5.32 Å². The molecule has 1 aliphatic rings. The van der Waals surface area contributed by atoms with Gasteiger partial charge >= 0.3 is 0 Å². The van der Waals surface area contributed by atoms with Gasteiger partial charge in [-0.05, 0) is 49.7 Å². The van der Waals surface area contributed by atoms with Crippen LogP contribution in [0.2, 0.25) is 0 Å². The molecule has 3 aromatic rings. The van der Waals surface area contributed by atoms with Crippen LogP contribution in [0.15, 0.2) is 60.7 Å². The van der Waals surface area contributed by atoms with Crippen LogP contribution in [0.1, 0.15) is 37.3 Å². The van der Waals surface area contributed by atoms with Crippen LogP contribution >= 0.6 is 0 Å². The number of fused-ring (bicyclic) bond motifs is 2. The molecule has 0 radical (unpaired) electrons. The molecule has 2 unspecified atom stereocenters. The highest BCUT2D eigenvalue weighted by atomic mass is 16.5. The Bertz CT molecular complexity index is 998. The van der Waals surface area contributed by atoms with E-state index in [2.05, 4.69) is 67.7 Å². The number of likely N-dealkylation sites (N-methyl/N-ethyl adjacent to an activating group) is 1. The lowest BCUT2D eigenvalue weighted by molar-refractivity contribution is 0.0760. The SMILES string of the molecule is CNCC(O)COc1ccc2c(c1)OC(C)(C)CC2c1ccc2ccccc2c1. The van der Waals surface area contributed by atoms with E-state index in [1.807, 2.05) is 19.2 Å². The molecule has 1 aliphatic heterocycles. The van der Waals surface area contributed by atoms with Crippen molar-refractivity contribution in [2.75, 3.05) is 20.2 Å². The van der Waals surface area contributed by atoms with Crippen molar-refractivity contribution in [2.24, 2.45) is 0 Å². The molecule has 0 aromatic heterocycles. The molecular formula is C25H29NO3. The monoisotopic (exact) mass is 391 g/mol. The average Bonchev–Trinajstić information content (AvgIpc) is 2.70. The van der Waals surface area contributed by atoms with Gasteiger partial charge in [0, 0.05) is 24.1 Å². The lowest BCUT2D eigenvalue weighted by Crippen LogP contribution is -2.35. The molecule has 0 amide bonds. The lowest BCUT2D eigenvalue weighted by Gasteiger charge is -2.38. The number of rotatable bonds is 6. The minimum Gasteiger partial charge on any atom is -0.491 e. The van der Waals surface area contributed by atoms with E-state index in [9.17, 15) is 5.11 Å². The minimum absolute atomic E-state index is 0.247. The van der Waals surface area contributed by atoms with Crippen LogP contribution in [0.3, 0.4) is 0 Å². The van der Waals surface area contributed by atoms with Crippen molar-refractivity contribution in [2.45, 2.75) is 37.9 Å². The van der Waals surface area contributed by atoms with Crippen molar-refractivity contribution in [3.63, 3.8) is 0 Å². The molecule has 0 fully saturated rings. The van der Waals surface area contributed by atoms with E-state index in [1.165, 1.54) is 21.9 Å². The van der Waals surface area contributed by atoms with E-state index >= 15 is 0 Å². The fraction of sp³-hybridized carbons (Fsp3) is 0.360. The molecule has 0 spiro atoms. The molecule has 152 valence electrons. The summed E-state index contributed by atoms with van der Waals surface area (Å²) in [5.74, 6) is 1.84. The number of nitrogens with one attached hydrogen (secondary N) is 1. The van der Waals surface area contributed by atoms with Crippen LogP contribution in [0.5, 0.6) is 11.5 Å². The summed E-state index contributed by atoms with van der Waals surface area (Å²) < 4.78 is 12.1. The normalized spacial score (nSPS) is 18.7. The van der Waals surface area contributed by atoms with Gasteiger partial charge < -0.3 is 19.9 Å². The van der Waals surface area contributed by atoms with Gasteiger partial charge in [-0.2, -0.15) is 0 Å². The molecule has 29 heavy (non-hydrogen) atoms. The fourth-order valence-electron chi connectivity index (χ4n) is 4.13. The first-order chi connectivity index (χ1) is 13.9. The van der Waals surface area contributed by atoms with Crippen LogP contribution in [0.25, 0.3) is 10.8 Å². The lowest BCUT2D eigenvalue weighted by atomic mass is 9.79. The van der Waals surface area contributed by atoms with Crippen molar-refractivity contribution in [3.8, 4) is 11.5 Å². The maximum atomic E-state index is 9.89. The van der Waals surface area contributed by atoms with E-state index in [-0.39, 0.29) is 18.1 Å². The van der Waals surface area contributed by atoms with Gasteiger partial charge in [0.1, 0.15) is 29.8 Å². The van der Waals surface area contributed by atoms with Crippen molar-refractivity contribution in [3.05, 3.63) is 71.8 Å². The summed E-state index contributed by atoms with van der Waals surface area (Å²) >= 11 is 0. The second kappa shape index (κ2) is 8.05. The quantitative estimate of drug-likeness (QED) is 0.650. The Morgan fingerprint density at radius 1 is 1.10 bits per heavy atom. The van der Waals surface area contributed by atoms with Crippen LogP contribution < -0.4 is 14.8 Å². The summed E-state index contributed by atoms with van der Waals surface area (Å²) in [6.45, 7) is 5.01. The molecule has 2 atom stereocenters. The third-order valence-electron chi connectivity index (χ3n) is 5.50. The Kier molecular flexibility index (Phi) is 5.48. The van der Waals surface area contributed by atoms with E-state index in [1.54, 1.807) is 0 Å². The Balaban J connectivity index is 1.65. The summed E-state index contributed by atoms with van der Waals surface area (Å²) in [6.07, 6.45) is 0.373. The van der Waals surface area contributed by atoms with E-state index in [0.717, 1.165) is 12.2 Å². The molecule has 0 saturated heterocycles. The van der Waals surface area contributed by atoms with Gasteiger partial charge in [0.15, 0.2) is 0 Å². The molecule has 0 bridgehead atoms. The summed E-state index contributed by atoms with van der Waals surface area (Å²) in [4.78, 5) is 0.